The number of carbonyl (C=O) groups is 1. The van der Waals surface area contributed by atoms with Crippen LogP contribution in [0.4, 0.5) is 5.69 Å². The standard InChI is InChI=1S/C27H21BrClNO3S/c1-32-24-14-19(27-30(25(31)16-34-27)21-11-9-20(29)10-12-21)13-23(28)26(24)33-15-18-7-4-6-17-5-2-3-8-22(17)18/h2-14,27H,15-16H2,1H3/t27-/m1/s1. The first kappa shape index (κ1) is 23.1. The Labute approximate surface area is 215 Å². The van der Waals surface area contributed by atoms with Gasteiger partial charge in [0, 0.05) is 10.7 Å². The van der Waals surface area contributed by atoms with Crippen molar-refractivity contribution in [2.75, 3.05) is 17.8 Å². The molecule has 172 valence electrons. The number of carbonyl (C=O) groups excluding carboxylic acids is 1. The van der Waals surface area contributed by atoms with Gasteiger partial charge in [0.1, 0.15) is 12.0 Å². The highest BCUT2D eigenvalue weighted by Gasteiger charge is 2.35. The van der Waals surface area contributed by atoms with E-state index in [1.807, 2.05) is 42.5 Å². The van der Waals surface area contributed by atoms with E-state index in [9.17, 15) is 4.79 Å². The Kier molecular flexibility index (Phi) is 6.73. The fraction of sp³-hybridized carbons (Fsp3) is 0.148. The largest absolute Gasteiger partial charge is 0.493 e. The topological polar surface area (TPSA) is 38.8 Å². The van der Waals surface area contributed by atoms with Crippen LogP contribution in [0.1, 0.15) is 16.5 Å². The van der Waals surface area contributed by atoms with Crippen LogP contribution in [0.25, 0.3) is 10.8 Å². The summed E-state index contributed by atoms with van der Waals surface area (Å²) in [6.07, 6.45) is 0. The molecule has 1 heterocycles. The van der Waals surface area contributed by atoms with Crippen LogP contribution in [0, 0.1) is 0 Å². The molecule has 1 saturated heterocycles. The molecule has 0 radical (unpaired) electrons. The van der Waals surface area contributed by atoms with E-state index in [-0.39, 0.29) is 11.3 Å². The zero-order valence-electron chi connectivity index (χ0n) is 18.3. The van der Waals surface area contributed by atoms with Crippen LogP contribution >= 0.6 is 39.3 Å². The van der Waals surface area contributed by atoms with Crippen LogP contribution in [0.2, 0.25) is 5.02 Å². The molecule has 0 saturated carbocycles. The lowest BCUT2D eigenvalue weighted by Crippen LogP contribution is -2.27. The molecule has 0 aliphatic carbocycles. The number of fused-ring (bicyclic) bond motifs is 1. The molecule has 1 fully saturated rings. The number of hydrogen-bond acceptors (Lipinski definition) is 4. The second kappa shape index (κ2) is 9.90. The monoisotopic (exact) mass is 553 g/mol. The maximum atomic E-state index is 12.7. The number of thioether (sulfide) groups is 1. The molecule has 0 spiro atoms. The van der Waals surface area contributed by atoms with Crippen LogP contribution in [0.5, 0.6) is 11.5 Å². The second-order valence-corrected chi connectivity index (χ2v) is 10.2. The molecule has 5 rings (SSSR count). The molecule has 0 unspecified atom stereocenters. The van der Waals surface area contributed by atoms with Gasteiger partial charge in [0.05, 0.1) is 17.3 Å². The highest BCUT2D eigenvalue weighted by atomic mass is 79.9. The molecule has 34 heavy (non-hydrogen) atoms. The Balaban J connectivity index is 1.44. The number of benzene rings is 4. The number of anilines is 1. The number of rotatable bonds is 6. The summed E-state index contributed by atoms with van der Waals surface area (Å²) in [7, 11) is 1.63. The first-order chi connectivity index (χ1) is 16.5. The van der Waals surface area contributed by atoms with Crippen molar-refractivity contribution in [1.29, 1.82) is 0 Å². The summed E-state index contributed by atoms with van der Waals surface area (Å²) in [5, 5.41) is 2.80. The van der Waals surface area contributed by atoms with Gasteiger partial charge < -0.3 is 9.47 Å². The lowest BCUT2D eigenvalue weighted by Gasteiger charge is -2.25. The van der Waals surface area contributed by atoms with Gasteiger partial charge >= 0.3 is 0 Å². The summed E-state index contributed by atoms with van der Waals surface area (Å²) < 4.78 is 12.7. The van der Waals surface area contributed by atoms with Crippen LogP contribution in [0.3, 0.4) is 0 Å². The van der Waals surface area contributed by atoms with Crippen LogP contribution in [0.15, 0.2) is 83.3 Å². The average molecular weight is 555 g/mol. The highest BCUT2D eigenvalue weighted by Crippen LogP contribution is 2.46. The molecule has 4 aromatic carbocycles. The Hall–Kier alpha value is -2.67. The highest BCUT2D eigenvalue weighted by molar-refractivity contribution is 9.10. The van der Waals surface area contributed by atoms with Gasteiger partial charge in [0.2, 0.25) is 5.91 Å². The number of nitrogens with zero attached hydrogens (tertiary/aromatic N) is 1. The predicted octanol–water partition coefficient (Wildman–Crippen LogP) is 7.62. The van der Waals surface area contributed by atoms with E-state index >= 15 is 0 Å². The molecule has 7 heteroatoms. The second-order valence-electron chi connectivity index (χ2n) is 7.86. The van der Waals surface area contributed by atoms with Crippen molar-refractivity contribution in [3.05, 3.63) is 99.5 Å². The first-order valence-electron chi connectivity index (χ1n) is 10.7. The number of amides is 1. The summed E-state index contributed by atoms with van der Waals surface area (Å²) >= 11 is 11.3. The van der Waals surface area contributed by atoms with E-state index in [2.05, 4.69) is 40.2 Å². The molecule has 0 aromatic heterocycles. The molecule has 4 nitrogen and oxygen atoms in total. The zero-order valence-corrected chi connectivity index (χ0v) is 21.5. The quantitative estimate of drug-likeness (QED) is 0.246. The van der Waals surface area contributed by atoms with Crippen molar-refractivity contribution in [2.24, 2.45) is 0 Å². The van der Waals surface area contributed by atoms with E-state index < -0.39 is 0 Å². The lowest BCUT2D eigenvalue weighted by atomic mass is 10.1. The summed E-state index contributed by atoms with van der Waals surface area (Å²) in [5.74, 6) is 1.71. The number of hydrogen-bond donors (Lipinski definition) is 0. The molecule has 0 N–H and O–H groups in total. The Bertz CT molecular complexity index is 1360. The molecule has 1 amide bonds. The summed E-state index contributed by atoms with van der Waals surface area (Å²) in [6, 6.07) is 25.7. The third kappa shape index (κ3) is 4.50. The number of ether oxygens (including phenoxy) is 2. The van der Waals surface area contributed by atoms with Crippen LogP contribution in [-0.4, -0.2) is 18.8 Å². The van der Waals surface area contributed by atoms with Crippen LogP contribution < -0.4 is 14.4 Å². The van der Waals surface area contributed by atoms with Gasteiger partial charge in [-0.3, -0.25) is 9.69 Å². The molecule has 1 aliphatic rings. The minimum absolute atomic E-state index is 0.0590. The fourth-order valence-electron chi connectivity index (χ4n) is 4.14. The number of methoxy groups -OCH3 is 1. The predicted molar refractivity (Wildman–Crippen MR) is 143 cm³/mol. The maximum Gasteiger partial charge on any atom is 0.238 e. The third-order valence-corrected chi connectivity index (χ3v) is 7.81. The molecular formula is C27H21BrClNO3S. The maximum absolute atomic E-state index is 12.7. The van der Waals surface area contributed by atoms with Crippen molar-refractivity contribution >= 4 is 61.7 Å². The van der Waals surface area contributed by atoms with Gasteiger partial charge in [-0.2, -0.15) is 0 Å². The molecule has 1 aliphatic heterocycles. The van der Waals surface area contributed by atoms with Gasteiger partial charge in [0.15, 0.2) is 11.5 Å². The fourth-order valence-corrected chi connectivity index (χ4v) is 6.00. The molecule has 4 aromatic rings. The Morgan fingerprint density at radius 1 is 1.06 bits per heavy atom. The van der Waals surface area contributed by atoms with Gasteiger partial charge in [-0.1, -0.05) is 54.1 Å². The van der Waals surface area contributed by atoms with E-state index in [0.29, 0.717) is 28.9 Å². The van der Waals surface area contributed by atoms with Gasteiger partial charge in [-0.25, -0.2) is 0 Å². The SMILES string of the molecule is COc1cc([C@H]2SCC(=O)N2c2ccc(Cl)cc2)cc(Br)c1OCc1cccc2ccccc12. The van der Waals surface area contributed by atoms with Crippen molar-refractivity contribution < 1.29 is 14.3 Å². The Morgan fingerprint density at radius 3 is 2.62 bits per heavy atom. The van der Waals surface area contributed by atoms with Gasteiger partial charge in [-0.05, 0) is 74.2 Å². The summed E-state index contributed by atoms with van der Waals surface area (Å²) in [4.78, 5) is 14.5. The van der Waals surface area contributed by atoms with E-state index in [1.54, 1.807) is 35.9 Å². The summed E-state index contributed by atoms with van der Waals surface area (Å²) in [6.45, 7) is 0.406. The average Bonchev–Trinajstić information content (AvgIpc) is 3.24. The lowest BCUT2D eigenvalue weighted by molar-refractivity contribution is -0.115. The number of halogens is 2. The van der Waals surface area contributed by atoms with Crippen LogP contribution in [-0.2, 0) is 11.4 Å². The van der Waals surface area contributed by atoms with E-state index in [0.717, 1.165) is 26.7 Å². The molecule has 1 atom stereocenters. The van der Waals surface area contributed by atoms with Crippen molar-refractivity contribution in [3.63, 3.8) is 0 Å². The minimum atomic E-state index is -0.175. The first-order valence-corrected chi connectivity index (χ1v) is 12.9. The zero-order chi connectivity index (χ0) is 23.7. The molecular weight excluding hydrogens is 534 g/mol. The normalized spacial score (nSPS) is 15.7. The smallest absolute Gasteiger partial charge is 0.238 e. The van der Waals surface area contributed by atoms with E-state index in [4.69, 9.17) is 21.1 Å². The van der Waals surface area contributed by atoms with Gasteiger partial charge in [-0.15, -0.1) is 11.8 Å². The van der Waals surface area contributed by atoms with Crippen molar-refractivity contribution in [1.82, 2.24) is 0 Å². The van der Waals surface area contributed by atoms with E-state index in [1.165, 1.54) is 5.39 Å². The summed E-state index contributed by atoms with van der Waals surface area (Å²) in [5.41, 5.74) is 2.87. The third-order valence-electron chi connectivity index (χ3n) is 5.76. The van der Waals surface area contributed by atoms with Gasteiger partial charge in [0.25, 0.3) is 0 Å². The Morgan fingerprint density at radius 2 is 1.82 bits per heavy atom. The molecule has 0 bridgehead atoms. The van der Waals surface area contributed by atoms with Crippen molar-refractivity contribution in [3.8, 4) is 11.5 Å². The van der Waals surface area contributed by atoms with Crippen molar-refractivity contribution in [2.45, 2.75) is 12.0 Å². The minimum Gasteiger partial charge on any atom is -0.493 e.